The lowest BCUT2D eigenvalue weighted by Gasteiger charge is -2.42. The molecule has 1 aliphatic heterocycles. The summed E-state index contributed by atoms with van der Waals surface area (Å²) in [4.78, 5) is 4.71. The molecule has 23 heavy (non-hydrogen) atoms. The molecule has 0 aromatic carbocycles. The Morgan fingerprint density at radius 2 is 2.00 bits per heavy atom. The Kier molecular flexibility index (Phi) is 5.17. The highest BCUT2D eigenvalue weighted by Gasteiger charge is 2.33. The fourth-order valence-electron chi connectivity index (χ4n) is 4.04. The van der Waals surface area contributed by atoms with Crippen LogP contribution in [0.4, 0.5) is 5.82 Å². The highest BCUT2D eigenvalue weighted by molar-refractivity contribution is 5.38. The lowest BCUT2D eigenvalue weighted by molar-refractivity contribution is -0.0302. The van der Waals surface area contributed by atoms with E-state index in [1.165, 1.54) is 32.1 Å². The summed E-state index contributed by atoms with van der Waals surface area (Å²) in [7, 11) is 2.17. The van der Waals surface area contributed by atoms with E-state index in [0.29, 0.717) is 6.04 Å². The van der Waals surface area contributed by atoms with E-state index >= 15 is 0 Å². The molecule has 0 radical (unpaired) electrons. The van der Waals surface area contributed by atoms with Crippen LogP contribution in [0, 0.1) is 6.92 Å². The van der Waals surface area contributed by atoms with Crippen molar-refractivity contribution in [2.75, 3.05) is 31.6 Å². The van der Waals surface area contributed by atoms with Crippen LogP contribution in [-0.2, 0) is 0 Å². The minimum Gasteiger partial charge on any atom is -0.389 e. The molecule has 2 heterocycles. The second kappa shape index (κ2) is 7.14. The zero-order chi connectivity index (χ0) is 16.3. The first-order chi connectivity index (χ1) is 11.1. The van der Waals surface area contributed by atoms with Gasteiger partial charge in [0, 0.05) is 25.7 Å². The number of anilines is 1. The van der Waals surface area contributed by atoms with Crippen molar-refractivity contribution in [3.63, 3.8) is 0 Å². The molecule has 1 aromatic heterocycles. The van der Waals surface area contributed by atoms with Gasteiger partial charge in [0.15, 0.2) is 5.82 Å². The Hall–Kier alpha value is -1.20. The molecule has 2 aliphatic rings. The summed E-state index contributed by atoms with van der Waals surface area (Å²) in [5, 5.41) is 19.3. The maximum absolute atomic E-state index is 10.8. The smallest absolute Gasteiger partial charge is 0.151 e. The summed E-state index contributed by atoms with van der Waals surface area (Å²) >= 11 is 0. The van der Waals surface area contributed by atoms with Crippen LogP contribution in [0.3, 0.4) is 0 Å². The Bertz CT molecular complexity index is 498. The molecular weight excluding hydrogens is 288 g/mol. The minimum atomic E-state index is -0.473. The highest BCUT2D eigenvalue weighted by Crippen LogP contribution is 2.30. The van der Waals surface area contributed by atoms with E-state index in [0.717, 1.165) is 44.0 Å². The Labute approximate surface area is 139 Å². The molecule has 3 rings (SSSR count). The van der Waals surface area contributed by atoms with Gasteiger partial charge in [-0.25, -0.2) is 0 Å². The molecule has 1 aromatic rings. The van der Waals surface area contributed by atoms with Crippen molar-refractivity contribution in [1.82, 2.24) is 15.1 Å². The van der Waals surface area contributed by atoms with Crippen molar-refractivity contribution in [3.8, 4) is 0 Å². The Morgan fingerprint density at radius 1 is 1.22 bits per heavy atom. The lowest BCUT2D eigenvalue weighted by atomic mass is 9.84. The number of aryl methyl sites for hydroxylation is 1. The molecule has 5 nitrogen and oxygen atoms in total. The van der Waals surface area contributed by atoms with E-state index in [1.807, 2.05) is 13.0 Å². The van der Waals surface area contributed by atoms with Crippen molar-refractivity contribution in [1.29, 1.82) is 0 Å². The van der Waals surface area contributed by atoms with Gasteiger partial charge in [-0.1, -0.05) is 19.3 Å². The largest absolute Gasteiger partial charge is 0.389 e. The van der Waals surface area contributed by atoms with Crippen LogP contribution in [0.15, 0.2) is 12.1 Å². The SMILES string of the molecule is Cc1ccc(N2CCCC(N(C)CC3(O)CCCCC3)C2)nn1. The number of aliphatic hydroxyl groups is 1. The van der Waals surface area contributed by atoms with Gasteiger partial charge in [-0.05, 0) is 51.8 Å². The number of rotatable bonds is 4. The molecular formula is C18H30N4O. The van der Waals surface area contributed by atoms with E-state index in [4.69, 9.17) is 0 Å². The third kappa shape index (κ3) is 4.21. The van der Waals surface area contributed by atoms with E-state index in [9.17, 15) is 5.11 Å². The molecule has 1 saturated heterocycles. The second-order valence-corrected chi connectivity index (χ2v) is 7.48. The van der Waals surface area contributed by atoms with Gasteiger partial charge in [0.25, 0.3) is 0 Å². The van der Waals surface area contributed by atoms with Gasteiger partial charge < -0.3 is 10.0 Å². The van der Waals surface area contributed by atoms with Crippen LogP contribution < -0.4 is 4.90 Å². The number of nitrogens with zero attached hydrogens (tertiary/aromatic N) is 4. The van der Waals surface area contributed by atoms with Crippen LogP contribution in [0.2, 0.25) is 0 Å². The fraction of sp³-hybridized carbons (Fsp3) is 0.778. The molecule has 1 N–H and O–H groups in total. The number of likely N-dealkylation sites (N-methyl/N-ethyl adjacent to an activating group) is 1. The molecule has 5 heteroatoms. The van der Waals surface area contributed by atoms with E-state index in [2.05, 4.69) is 33.1 Å². The zero-order valence-corrected chi connectivity index (χ0v) is 14.5. The lowest BCUT2D eigenvalue weighted by Crippen LogP contribution is -2.52. The number of hydrogen-bond acceptors (Lipinski definition) is 5. The van der Waals surface area contributed by atoms with Gasteiger partial charge in [0.2, 0.25) is 0 Å². The molecule has 128 valence electrons. The van der Waals surface area contributed by atoms with Crippen molar-refractivity contribution in [3.05, 3.63) is 17.8 Å². The predicted octanol–water partition coefficient (Wildman–Crippen LogP) is 2.38. The first kappa shape index (κ1) is 16.7. The van der Waals surface area contributed by atoms with Crippen molar-refractivity contribution in [2.24, 2.45) is 0 Å². The van der Waals surface area contributed by atoms with Crippen molar-refractivity contribution < 1.29 is 5.11 Å². The quantitative estimate of drug-likeness (QED) is 0.924. The first-order valence-electron chi connectivity index (χ1n) is 9.04. The Morgan fingerprint density at radius 3 is 2.70 bits per heavy atom. The summed E-state index contributed by atoms with van der Waals surface area (Å²) in [5.41, 5.74) is 0.484. The van der Waals surface area contributed by atoms with Crippen LogP contribution in [-0.4, -0.2) is 58.5 Å². The summed E-state index contributed by atoms with van der Waals surface area (Å²) in [5.74, 6) is 0.977. The molecule has 1 atom stereocenters. The van der Waals surface area contributed by atoms with Gasteiger partial charge in [-0.2, -0.15) is 5.10 Å². The maximum Gasteiger partial charge on any atom is 0.151 e. The second-order valence-electron chi connectivity index (χ2n) is 7.48. The first-order valence-corrected chi connectivity index (χ1v) is 9.04. The molecule has 0 spiro atoms. The normalized spacial score (nSPS) is 24.9. The summed E-state index contributed by atoms with van der Waals surface area (Å²) in [6.07, 6.45) is 7.88. The van der Waals surface area contributed by atoms with Gasteiger partial charge in [-0.3, -0.25) is 4.90 Å². The van der Waals surface area contributed by atoms with E-state index < -0.39 is 5.60 Å². The maximum atomic E-state index is 10.8. The summed E-state index contributed by atoms with van der Waals surface area (Å²) < 4.78 is 0. The molecule has 1 saturated carbocycles. The molecule has 2 fully saturated rings. The van der Waals surface area contributed by atoms with Crippen molar-refractivity contribution >= 4 is 5.82 Å². The minimum absolute atomic E-state index is 0.473. The summed E-state index contributed by atoms with van der Waals surface area (Å²) in [6, 6.07) is 4.58. The van der Waals surface area contributed by atoms with Crippen LogP contribution in [0.1, 0.15) is 50.6 Å². The Balaban J connectivity index is 1.60. The molecule has 1 aliphatic carbocycles. The topological polar surface area (TPSA) is 52.5 Å². The van der Waals surface area contributed by atoms with Crippen LogP contribution in [0.5, 0.6) is 0 Å². The van der Waals surface area contributed by atoms with Gasteiger partial charge in [0.05, 0.1) is 11.3 Å². The molecule has 0 amide bonds. The molecule has 0 bridgehead atoms. The van der Waals surface area contributed by atoms with Crippen LogP contribution in [0.25, 0.3) is 0 Å². The average molecular weight is 318 g/mol. The molecule has 1 unspecified atom stereocenters. The number of aromatic nitrogens is 2. The van der Waals surface area contributed by atoms with Gasteiger partial charge in [0.1, 0.15) is 0 Å². The van der Waals surface area contributed by atoms with Crippen molar-refractivity contribution in [2.45, 2.75) is 63.5 Å². The van der Waals surface area contributed by atoms with E-state index in [-0.39, 0.29) is 0 Å². The fourth-order valence-corrected chi connectivity index (χ4v) is 4.04. The average Bonchev–Trinajstić information content (AvgIpc) is 2.56. The summed E-state index contributed by atoms with van der Waals surface area (Å²) in [6.45, 7) is 4.79. The van der Waals surface area contributed by atoms with Crippen LogP contribution >= 0.6 is 0 Å². The highest BCUT2D eigenvalue weighted by atomic mass is 16.3. The van der Waals surface area contributed by atoms with Gasteiger partial charge in [-0.15, -0.1) is 5.10 Å². The zero-order valence-electron chi connectivity index (χ0n) is 14.5. The number of piperidine rings is 1. The third-order valence-corrected chi connectivity index (χ3v) is 5.46. The third-order valence-electron chi connectivity index (χ3n) is 5.46. The van der Waals surface area contributed by atoms with Gasteiger partial charge >= 0.3 is 0 Å². The number of hydrogen-bond donors (Lipinski definition) is 1. The standard InChI is InChI=1S/C18H30N4O/c1-15-8-9-17(20-19-15)22-12-6-7-16(13-22)21(2)14-18(23)10-4-3-5-11-18/h8-9,16,23H,3-7,10-14H2,1-2H3. The van der Waals surface area contributed by atoms with E-state index in [1.54, 1.807) is 0 Å². The predicted molar refractivity (Wildman–Crippen MR) is 92.7 cm³/mol. The monoisotopic (exact) mass is 318 g/mol.